The van der Waals surface area contributed by atoms with Crippen LogP contribution in [-0.2, 0) is 4.79 Å². The van der Waals surface area contributed by atoms with Gasteiger partial charge in [0.2, 0.25) is 11.8 Å². The van der Waals surface area contributed by atoms with Crippen molar-refractivity contribution in [2.24, 2.45) is 11.7 Å². The third kappa shape index (κ3) is 4.07. The molecule has 0 radical (unpaired) electrons. The Morgan fingerprint density at radius 1 is 1.60 bits per heavy atom. The minimum Gasteiger partial charge on any atom is -0.408 e. The minimum atomic E-state index is -0.126. The summed E-state index contributed by atoms with van der Waals surface area (Å²) in [5, 5.41) is 9.78. The molecule has 15 heavy (non-hydrogen) atoms. The summed E-state index contributed by atoms with van der Waals surface area (Å²) in [6, 6.07) is 0.151. The van der Waals surface area contributed by atoms with Gasteiger partial charge in [-0.2, -0.15) is 0 Å². The SMILES string of the molecule is Cc1nnc(NC(=O)CCC(C)CN)o1. The zero-order valence-corrected chi connectivity index (χ0v) is 8.99. The Morgan fingerprint density at radius 3 is 2.87 bits per heavy atom. The van der Waals surface area contributed by atoms with Gasteiger partial charge in [0.15, 0.2) is 0 Å². The van der Waals surface area contributed by atoms with Crippen molar-refractivity contribution < 1.29 is 9.21 Å². The first-order valence-electron chi connectivity index (χ1n) is 4.92. The molecule has 0 fully saturated rings. The molecule has 1 aromatic rings. The molecule has 0 saturated heterocycles. The van der Waals surface area contributed by atoms with E-state index in [0.717, 1.165) is 6.42 Å². The average molecular weight is 212 g/mol. The number of nitrogens with two attached hydrogens (primary N) is 1. The van der Waals surface area contributed by atoms with Gasteiger partial charge in [0.1, 0.15) is 0 Å². The summed E-state index contributed by atoms with van der Waals surface area (Å²) in [4.78, 5) is 11.4. The number of hydrogen-bond acceptors (Lipinski definition) is 5. The maximum Gasteiger partial charge on any atom is 0.322 e. The summed E-state index contributed by atoms with van der Waals surface area (Å²) in [7, 11) is 0. The second-order valence-electron chi connectivity index (χ2n) is 3.55. The summed E-state index contributed by atoms with van der Waals surface area (Å²) in [6.07, 6.45) is 1.18. The monoisotopic (exact) mass is 212 g/mol. The van der Waals surface area contributed by atoms with Crippen molar-refractivity contribution in [3.05, 3.63) is 5.89 Å². The van der Waals surface area contributed by atoms with Crippen LogP contribution in [0.3, 0.4) is 0 Å². The molecule has 0 saturated carbocycles. The van der Waals surface area contributed by atoms with E-state index in [2.05, 4.69) is 15.5 Å². The van der Waals surface area contributed by atoms with E-state index in [9.17, 15) is 4.79 Å². The molecule has 1 rings (SSSR count). The summed E-state index contributed by atoms with van der Waals surface area (Å²) < 4.78 is 5.01. The molecule has 84 valence electrons. The van der Waals surface area contributed by atoms with Gasteiger partial charge in [-0.3, -0.25) is 10.1 Å². The van der Waals surface area contributed by atoms with Crippen LogP contribution in [0.5, 0.6) is 0 Å². The van der Waals surface area contributed by atoms with Crippen LogP contribution in [0.1, 0.15) is 25.7 Å². The first kappa shape index (κ1) is 11.6. The molecule has 0 aliphatic rings. The highest BCUT2D eigenvalue weighted by Gasteiger charge is 2.09. The number of aryl methyl sites for hydroxylation is 1. The normalized spacial score (nSPS) is 12.5. The number of rotatable bonds is 5. The van der Waals surface area contributed by atoms with Gasteiger partial charge in [-0.15, -0.1) is 5.10 Å². The molecule has 0 aliphatic carbocycles. The highest BCUT2D eigenvalue weighted by atomic mass is 16.4. The standard InChI is InChI=1S/C9H16N4O2/c1-6(5-10)3-4-8(14)11-9-13-12-7(2)15-9/h6H,3-5,10H2,1-2H3,(H,11,13,14). The van der Waals surface area contributed by atoms with E-state index in [4.69, 9.17) is 10.2 Å². The van der Waals surface area contributed by atoms with E-state index in [1.807, 2.05) is 6.92 Å². The third-order valence-corrected chi connectivity index (χ3v) is 2.04. The Balaban J connectivity index is 2.30. The number of aromatic nitrogens is 2. The number of anilines is 1. The largest absolute Gasteiger partial charge is 0.408 e. The van der Waals surface area contributed by atoms with Crippen molar-refractivity contribution in [3.63, 3.8) is 0 Å². The van der Waals surface area contributed by atoms with E-state index in [1.54, 1.807) is 6.92 Å². The molecule has 1 amide bonds. The summed E-state index contributed by atoms with van der Waals surface area (Å²) >= 11 is 0. The predicted octanol–water partition coefficient (Wildman–Crippen LogP) is 0.692. The maximum atomic E-state index is 11.4. The van der Waals surface area contributed by atoms with Gasteiger partial charge in [-0.1, -0.05) is 12.0 Å². The van der Waals surface area contributed by atoms with Gasteiger partial charge in [-0.05, 0) is 18.9 Å². The van der Waals surface area contributed by atoms with Crippen LogP contribution < -0.4 is 11.1 Å². The number of carbonyl (C=O) groups excluding carboxylic acids is 1. The minimum absolute atomic E-state index is 0.126. The van der Waals surface area contributed by atoms with Crippen molar-refractivity contribution in [2.45, 2.75) is 26.7 Å². The Bertz CT molecular complexity index is 324. The average Bonchev–Trinajstić information content (AvgIpc) is 2.60. The molecule has 6 nitrogen and oxygen atoms in total. The molecular formula is C9H16N4O2. The van der Waals surface area contributed by atoms with Gasteiger partial charge in [-0.25, -0.2) is 0 Å². The number of carbonyl (C=O) groups is 1. The number of nitrogens with one attached hydrogen (secondary N) is 1. The van der Waals surface area contributed by atoms with Gasteiger partial charge >= 0.3 is 6.01 Å². The van der Waals surface area contributed by atoms with E-state index in [0.29, 0.717) is 24.8 Å². The molecule has 3 N–H and O–H groups in total. The highest BCUT2D eigenvalue weighted by Crippen LogP contribution is 2.07. The lowest BCUT2D eigenvalue weighted by atomic mass is 10.1. The van der Waals surface area contributed by atoms with Crippen molar-refractivity contribution in [1.29, 1.82) is 0 Å². The lowest BCUT2D eigenvalue weighted by Gasteiger charge is -2.06. The topological polar surface area (TPSA) is 94.0 Å². The molecule has 1 aromatic heterocycles. The van der Waals surface area contributed by atoms with E-state index in [1.165, 1.54) is 0 Å². The molecule has 1 atom stereocenters. The van der Waals surface area contributed by atoms with Crippen LogP contribution in [-0.4, -0.2) is 22.6 Å². The molecule has 0 aromatic carbocycles. The molecule has 0 aliphatic heterocycles. The van der Waals surface area contributed by atoms with Gasteiger partial charge in [0.25, 0.3) is 0 Å². The van der Waals surface area contributed by atoms with Crippen molar-refractivity contribution in [2.75, 3.05) is 11.9 Å². The Labute approximate surface area is 88.2 Å². The molecular weight excluding hydrogens is 196 g/mol. The van der Waals surface area contributed by atoms with Crippen molar-refractivity contribution in [1.82, 2.24) is 10.2 Å². The Morgan fingerprint density at radius 2 is 2.33 bits per heavy atom. The second kappa shape index (κ2) is 5.45. The molecule has 6 heteroatoms. The zero-order valence-electron chi connectivity index (χ0n) is 8.99. The van der Waals surface area contributed by atoms with Gasteiger partial charge in [0, 0.05) is 13.3 Å². The number of nitrogens with zero attached hydrogens (tertiary/aromatic N) is 2. The van der Waals surface area contributed by atoms with Crippen molar-refractivity contribution >= 4 is 11.9 Å². The van der Waals surface area contributed by atoms with Gasteiger partial charge in [0.05, 0.1) is 0 Å². The maximum absolute atomic E-state index is 11.4. The fraction of sp³-hybridized carbons (Fsp3) is 0.667. The Hall–Kier alpha value is -1.43. The summed E-state index contributed by atoms with van der Waals surface area (Å²) in [6.45, 7) is 4.26. The van der Waals surface area contributed by atoms with Crippen molar-refractivity contribution in [3.8, 4) is 0 Å². The first-order valence-corrected chi connectivity index (χ1v) is 4.92. The fourth-order valence-corrected chi connectivity index (χ4v) is 1.02. The molecule has 0 spiro atoms. The van der Waals surface area contributed by atoms with Crippen LogP contribution in [0.15, 0.2) is 4.42 Å². The Kier molecular flexibility index (Phi) is 4.23. The number of amides is 1. The lowest BCUT2D eigenvalue weighted by molar-refractivity contribution is -0.116. The fourth-order valence-electron chi connectivity index (χ4n) is 1.02. The first-order chi connectivity index (χ1) is 7.11. The summed E-state index contributed by atoms with van der Waals surface area (Å²) in [5.74, 6) is 0.653. The quantitative estimate of drug-likeness (QED) is 0.748. The van der Waals surface area contributed by atoms with E-state index >= 15 is 0 Å². The molecule has 1 heterocycles. The van der Waals surface area contributed by atoms with Crippen LogP contribution in [0.2, 0.25) is 0 Å². The van der Waals surface area contributed by atoms with E-state index < -0.39 is 0 Å². The third-order valence-electron chi connectivity index (χ3n) is 2.04. The molecule has 1 unspecified atom stereocenters. The smallest absolute Gasteiger partial charge is 0.322 e. The predicted molar refractivity (Wildman–Crippen MR) is 55.1 cm³/mol. The number of hydrogen-bond donors (Lipinski definition) is 2. The van der Waals surface area contributed by atoms with Crippen LogP contribution >= 0.6 is 0 Å². The van der Waals surface area contributed by atoms with Crippen LogP contribution in [0.25, 0.3) is 0 Å². The van der Waals surface area contributed by atoms with Gasteiger partial charge < -0.3 is 10.2 Å². The van der Waals surface area contributed by atoms with Crippen LogP contribution in [0, 0.1) is 12.8 Å². The van der Waals surface area contributed by atoms with Crippen LogP contribution in [0.4, 0.5) is 6.01 Å². The van der Waals surface area contributed by atoms with E-state index in [-0.39, 0.29) is 11.9 Å². The molecule has 0 bridgehead atoms. The second-order valence-corrected chi connectivity index (χ2v) is 3.55. The zero-order chi connectivity index (χ0) is 11.3. The summed E-state index contributed by atoms with van der Waals surface area (Å²) in [5.41, 5.74) is 5.44. The lowest BCUT2D eigenvalue weighted by Crippen LogP contribution is -2.16. The highest BCUT2D eigenvalue weighted by molar-refractivity contribution is 5.88.